The second-order valence-electron chi connectivity index (χ2n) is 9.68. The lowest BCUT2D eigenvalue weighted by Crippen LogP contribution is -2.49. The van der Waals surface area contributed by atoms with Crippen LogP contribution in [0, 0.1) is 12.7 Å². The minimum absolute atomic E-state index is 0.0918. The summed E-state index contributed by atoms with van der Waals surface area (Å²) in [6.45, 7) is 7.16. The topological polar surface area (TPSA) is 90.4 Å². The van der Waals surface area contributed by atoms with Crippen LogP contribution in [0.15, 0.2) is 43.0 Å². The molecule has 3 aromatic heterocycles. The number of benzene rings is 1. The highest BCUT2D eigenvalue weighted by atomic mass is 19.1. The summed E-state index contributed by atoms with van der Waals surface area (Å²) in [6.07, 6.45) is 4.97. The zero-order valence-electron chi connectivity index (χ0n) is 21.6. The van der Waals surface area contributed by atoms with Crippen molar-refractivity contribution < 1.29 is 9.18 Å². The van der Waals surface area contributed by atoms with E-state index < -0.39 is 0 Å². The minimum Gasteiger partial charge on any atom is -0.363 e. The molecule has 1 atom stereocenters. The van der Waals surface area contributed by atoms with Crippen molar-refractivity contribution in [3.8, 4) is 0 Å². The molecule has 0 aliphatic carbocycles. The van der Waals surface area contributed by atoms with E-state index in [0.717, 1.165) is 53.8 Å². The molecule has 4 aromatic rings. The molecule has 4 heterocycles. The molecule has 1 amide bonds. The highest BCUT2D eigenvalue weighted by Crippen LogP contribution is 2.33. The Morgan fingerprint density at radius 1 is 1.16 bits per heavy atom. The first-order valence-electron chi connectivity index (χ1n) is 12.4. The number of aryl methyl sites for hydroxylation is 1. The van der Waals surface area contributed by atoms with Crippen LogP contribution in [-0.2, 0) is 4.79 Å². The van der Waals surface area contributed by atoms with Gasteiger partial charge in [0, 0.05) is 68.4 Å². The summed E-state index contributed by atoms with van der Waals surface area (Å²) in [4.78, 5) is 36.2. The number of hydrogen-bond donors (Lipinski definition) is 1. The number of nitrogens with zero attached hydrogens (tertiary/aromatic N) is 7. The summed E-state index contributed by atoms with van der Waals surface area (Å²) in [5.41, 5.74) is 2.96. The quantitative estimate of drug-likeness (QED) is 0.429. The molecule has 192 valence electrons. The summed E-state index contributed by atoms with van der Waals surface area (Å²) < 4.78 is 14.4. The number of nitrogens with one attached hydrogen (secondary N) is 1. The highest BCUT2D eigenvalue weighted by molar-refractivity contribution is 5.89. The first-order chi connectivity index (χ1) is 17.8. The molecule has 1 fully saturated rings. The Kier molecular flexibility index (Phi) is 6.84. The van der Waals surface area contributed by atoms with Crippen LogP contribution in [0.2, 0.25) is 0 Å². The predicted octanol–water partition coefficient (Wildman–Crippen LogP) is 3.40. The third-order valence-corrected chi connectivity index (χ3v) is 6.97. The third-order valence-electron chi connectivity index (χ3n) is 6.97. The van der Waals surface area contributed by atoms with Gasteiger partial charge in [-0.3, -0.25) is 14.7 Å². The fourth-order valence-electron chi connectivity index (χ4n) is 4.69. The summed E-state index contributed by atoms with van der Waals surface area (Å²) in [7, 11) is 3.55. The van der Waals surface area contributed by atoms with Gasteiger partial charge in [0.25, 0.3) is 0 Å². The van der Waals surface area contributed by atoms with E-state index in [0.29, 0.717) is 23.4 Å². The Labute approximate surface area is 215 Å². The van der Waals surface area contributed by atoms with Crippen molar-refractivity contribution in [1.29, 1.82) is 0 Å². The van der Waals surface area contributed by atoms with Gasteiger partial charge in [0.1, 0.15) is 23.8 Å². The van der Waals surface area contributed by atoms with Crippen molar-refractivity contribution in [3.05, 3.63) is 59.9 Å². The molecular weight excluding hydrogens is 471 g/mol. The van der Waals surface area contributed by atoms with E-state index in [1.54, 1.807) is 44.4 Å². The standard InChI is InChI=1S/C27H31FN8O/c1-17-22(28)6-5-19-13-21(18(2)32-26-20-7-8-29-14-23(20)30-16-31-26)27(33-25(17)19)36-11-9-35(10-12-36)15-24(37)34(3)4/h5-8,13-14,16,18H,9-12,15H2,1-4H3,(H,30,31,32)/t18-/m0/s1. The van der Waals surface area contributed by atoms with Crippen molar-refractivity contribution in [2.24, 2.45) is 0 Å². The van der Waals surface area contributed by atoms with Crippen LogP contribution in [0.25, 0.3) is 21.8 Å². The maximum Gasteiger partial charge on any atom is 0.236 e. The molecule has 1 aliphatic rings. The normalized spacial score (nSPS) is 15.2. The monoisotopic (exact) mass is 502 g/mol. The zero-order valence-corrected chi connectivity index (χ0v) is 21.6. The molecule has 5 rings (SSSR count). The lowest BCUT2D eigenvalue weighted by atomic mass is 10.0. The molecule has 1 aromatic carbocycles. The number of carbonyl (C=O) groups is 1. The van der Waals surface area contributed by atoms with Gasteiger partial charge in [-0.15, -0.1) is 0 Å². The van der Waals surface area contributed by atoms with Crippen LogP contribution < -0.4 is 10.2 Å². The number of pyridine rings is 2. The Bertz CT molecular complexity index is 1450. The van der Waals surface area contributed by atoms with Gasteiger partial charge in [-0.1, -0.05) is 0 Å². The van der Waals surface area contributed by atoms with Crippen molar-refractivity contribution in [3.63, 3.8) is 0 Å². The Morgan fingerprint density at radius 2 is 1.95 bits per heavy atom. The van der Waals surface area contributed by atoms with Crippen LogP contribution in [0.1, 0.15) is 24.1 Å². The number of halogens is 1. The van der Waals surface area contributed by atoms with E-state index in [2.05, 4.69) is 43.1 Å². The zero-order chi connectivity index (χ0) is 26.1. The fraction of sp³-hybridized carbons (Fsp3) is 0.370. The van der Waals surface area contributed by atoms with Crippen LogP contribution in [0.3, 0.4) is 0 Å². The first-order valence-corrected chi connectivity index (χ1v) is 12.4. The number of anilines is 2. The van der Waals surface area contributed by atoms with Gasteiger partial charge in [-0.05, 0) is 38.1 Å². The molecule has 37 heavy (non-hydrogen) atoms. The molecule has 1 saturated heterocycles. The van der Waals surface area contributed by atoms with Crippen LogP contribution in [0.5, 0.6) is 0 Å². The van der Waals surface area contributed by atoms with E-state index in [-0.39, 0.29) is 17.8 Å². The maximum absolute atomic E-state index is 14.4. The third kappa shape index (κ3) is 5.01. The minimum atomic E-state index is -0.266. The number of amides is 1. The van der Waals surface area contributed by atoms with E-state index in [4.69, 9.17) is 4.98 Å². The number of likely N-dealkylation sites (N-methyl/N-ethyl adjacent to an activating group) is 1. The van der Waals surface area contributed by atoms with Gasteiger partial charge in [-0.25, -0.2) is 19.3 Å². The lowest BCUT2D eigenvalue weighted by molar-refractivity contribution is -0.129. The molecule has 1 N–H and O–H groups in total. The van der Waals surface area contributed by atoms with Gasteiger partial charge in [-0.2, -0.15) is 0 Å². The van der Waals surface area contributed by atoms with Crippen LogP contribution in [0.4, 0.5) is 16.0 Å². The molecular formula is C27H31FN8O. The fourth-order valence-corrected chi connectivity index (χ4v) is 4.69. The number of fused-ring (bicyclic) bond motifs is 2. The molecule has 0 saturated carbocycles. The summed E-state index contributed by atoms with van der Waals surface area (Å²) in [5.74, 6) is 1.36. The van der Waals surface area contributed by atoms with Gasteiger partial charge in [0.05, 0.1) is 29.8 Å². The lowest BCUT2D eigenvalue weighted by Gasteiger charge is -2.37. The van der Waals surface area contributed by atoms with Crippen molar-refractivity contribution >= 4 is 39.3 Å². The Hall–Kier alpha value is -3.92. The van der Waals surface area contributed by atoms with Crippen molar-refractivity contribution in [2.45, 2.75) is 19.9 Å². The van der Waals surface area contributed by atoms with E-state index in [9.17, 15) is 9.18 Å². The summed E-state index contributed by atoms with van der Waals surface area (Å²) in [6, 6.07) is 7.11. The van der Waals surface area contributed by atoms with E-state index >= 15 is 0 Å². The van der Waals surface area contributed by atoms with Gasteiger partial charge in [0.2, 0.25) is 5.91 Å². The molecule has 0 spiro atoms. The number of carbonyl (C=O) groups excluding carboxylic acids is 1. The van der Waals surface area contributed by atoms with E-state index in [1.165, 1.54) is 12.4 Å². The first kappa shape index (κ1) is 24.8. The second-order valence-corrected chi connectivity index (χ2v) is 9.68. The van der Waals surface area contributed by atoms with Crippen LogP contribution >= 0.6 is 0 Å². The molecule has 10 heteroatoms. The average molecular weight is 503 g/mol. The number of hydrogen-bond acceptors (Lipinski definition) is 8. The number of piperazine rings is 1. The molecule has 0 bridgehead atoms. The molecule has 9 nitrogen and oxygen atoms in total. The van der Waals surface area contributed by atoms with Crippen molar-refractivity contribution in [1.82, 2.24) is 29.7 Å². The van der Waals surface area contributed by atoms with Crippen LogP contribution in [-0.4, -0.2) is 82.5 Å². The molecule has 1 aliphatic heterocycles. The molecule has 0 unspecified atom stereocenters. The Balaban J connectivity index is 1.48. The average Bonchev–Trinajstić information content (AvgIpc) is 2.91. The van der Waals surface area contributed by atoms with Gasteiger partial charge >= 0.3 is 0 Å². The summed E-state index contributed by atoms with van der Waals surface area (Å²) >= 11 is 0. The smallest absolute Gasteiger partial charge is 0.236 e. The van der Waals surface area contributed by atoms with Crippen molar-refractivity contribution in [2.75, 3.05) is 57.0 Å². The molecule has 0 radical (unpaired) electrons. The number of aromatic nitrogens is 4. The van der Waals surface area contributed by atoms with Gasteiger partial charge in [0.15, 0.2) is 0 Å². The SMILES string of the molecule is Cc1c(F)ccc2cc([C@H](C)Nc3ncnc4cnccc34)c(N3CCN(CC(=O)N(C)C)CC3)nc12. The van der Waals surface area contributed by atoms with Gasteiger partial charge < -0.3 is 15.1 Å². The van der Waals surface area contributed by atoms with E-state index in [1.807, 2.05) is 6.07 Å². The predicted molar refractivity (Wildman–Crippen MR) is 143 cm³/mol. The highest BCUT2D eigenvalue weighted by Gasteiger charge is 2.25. The number of rotatable bonds is 6. The largest absolute Gasteiger partial charge is 0.363 e. The Morgan fingerprint density at radius 3 is 2.70 bits per heavy atom. The maximum atomic E-state index is 14.4. The second kappa shape index (κ2) is 10.2. The summed E-state index contributed by atoms with van der Waals surface area (Å²) in [5, 5.41) is 5.31.